The minimum absolute atomic E-state index is 0.361. The van der Waals surface area contributed by atoms with Crippen LogP contribution in [0.15, 0.2) is 36.9 Å². The van der Waals surface area contributed by atoms with E-state index in [9.17, 15) is 9.50 Å². The van der Waals surface area contributed by atoms with Gasteiger partial charge in [0.05, 0.1) is 0 Å². The number of nitrogens with zero attached hydrogens (tertiary/aromatic N) is 3. The van der Waals surface area contributed by atoms with E-state index in [2.05, 4.69) is 16.0 Å². The summed E-state index contributed by atoms with van der Waals surface area (Å²) in [7, 11) is 0. The summed E-state index contributed by atoms with van der Waals surface area (Å²) in [6.45, 7) is 5.39. The second-order valence-electron chi connectivity index (χ2n) is 5.96. The van der Waals surface area contributed by atoms with Crippen molar-refractivity contribution in [2.24, 2.45) is 5.41 Å². The van der Waals surface area contributed by atoms with Crippen molar-refractivity contribution >= 4 is 0 Å². The molecule has 0 saturated heterocycles. The van der Waals surface area contributed by atoms with Gasteiger partial charge in [0, 0.05) is 5.41 Å². The van der Waals surface area contributed by atoms with Crippen molar-refractivity contribution < 1.29 is 14.2 Å². The van der Waals surface area contributed by atoms with Gasteiger partial charge in [0.25, 0.3) is 0 Å². The third kappa shape index (κ3) is 2.95. The number of halogens is 1. The molecule has 6 heteroatoms. The van der Waals surface area contributed by atoms with Crippen molar-refractivity contribution in [2.75, 3.05) is 0 Å². The van der Waals surface area contributed by atoms with Gasteiger partial charge in [-0.2, -0.15) is 5.10 Å². The Labute approximate surface area is 128 Å². The highest BCUT2D eigenvalue weighted by atomic mass is 19.1. The van der Waals surface area contributed by atoms with Crippen LogP contribution in [0.2, 0.25) is 0 Å². The fourth-order valence-corrected chi connectivity index (χ4v) is 1.97. The Morgan fingerprint density at radius 2 is 1.95 bits per heavy atom. The van der Waals surface area contributed by atoms with E-state index in [-0.39, 0.29) is 5.82 Å². The van der Waals surface area contributed by atoms with Gasteiger partial charge in [0.1, 0.15) is 24.2 Å². The summed E-state index contributed by atoms with van der Waals surface area (Å²) in [5, 5.41) is 15.0. The van der Waals surface area contributed by atoms with E-state index in [1.165, 1.54) is 41.6 Å². The number of hydrogen-bond donors (Lipinski definition) is 1. The quantitative estimate of drug-likeness (QED) is 0.881. The molecule has 1 aromatic carbocycles. The highest BCUT2D eigenvalue weighted by Crippen LogP contribution is 2.39. The van der Waals surface area contributed by atoms with Crippen LogP contribution in [0.5, 0.6) is 5.75 Å². The maximum atomic E-state index is 13.0. The Morgan fingerprint density at radius 1 is 1.32 bits per heavy atom. The van der Waals surface area contributed by atoms with Gasteiger partial charge in [-0.05, 0) is 24.3 Å². The average molecular weight is 303 g/mol. The molecule has 1 N–H and O–H groups in total. The molecule has 0 radical (unpaired) electrons. The van der Waals surface area contributed by atoms with Crippen LogP contribution in [0.3, 0.4) is 0 Å². The summed E-state index contributed by atoms with van der Waals surface area (Å²) in [4.78, 5) is 3.86. The SMILES string of the molecule is C#CC(O)(C(Oc1ccc(F)cc1)n1cncn1)C(C)(C)C. The first-order valence-electron chi connectivity index (χ1n) is 6.74. The molecule has 2 unspecified atom stereocenters. The number of hydrogen-bond acceptors (Lipinski definition) is 4. The minimum atomic E-state index is -1.66. The molecule has 0 aliphatic carbocycles. The van der Waals surface area contributed by atoms with Crippen LogP contribution in [-0.4, -0.2) is 25.5 Å². The van der Waals surface area contributed by atoms with Crippen LogP contribution in [0.4, 0.5) is 4.39 Å². The highest BCUT2D eigenvalue weighted by molar-refractivity contribution is 5.24. The molecule has 0 saturated carbocycles. The average Bonchev–Trinajstić information content (AvgIpc) is 2.98. The first kappa shape index (κ1) is 16.0. The molecule has 0 spiro atoms. The second-order valence-corrected chi connectivity index (χ2v) is 5.96. The monoisotopic (exact) mass is 303 g/mol. The number of rotatable bonds is 4. The van der Waals surface area contributed by atoms with E-state index in [4.69, 9.17) is 11.2 Å². The predicted molar refractivity (Wildman–Crippen MR) is 79.3 cm³/mol. The topological polar surface area (TPSA) is 60.2 Å². The zero-order valence-corrected chi connectivity index (χ0v) is 12.7. The van der Waals surface area contributed by atoms with E-state index in [0.717, 1.165) is 0 Å². The third-order valence-electron chi connectivity index (χ3n) is 3.46. The number of aromatic nitrogens is 3. The maximum absolute atomic E-state index is 13.0. The van der Waals surface area contributed by atoms with Gasteiger partial charge in [-0.15, -0.1) is 6.42 Å². The molecule has 0 amide bonds. The lowest BCUT2D eigenvalue weighted by molar-refractivity contribution is -0.125. The van der Waals surface area contributed by atoms with Gasteiger partial charge in [-0.25, -0.2) is 14.1 Å². The van der Waals surface area contributed by atoms with E-state index < -0.39 is 17.2 Å². The van der Waals surface area contributed by atoms with E-state index >= 15 is 0 Å². The molecule has 2 rings (SSSR count). The van der Waals surface area contributed by atoms with E-state index in [1.54, 1.807) is 20.8 Å². The van der Waals surface area contributed by atoms with Crippen molar-refractivity contribution in [2.45, 2.75) is 32.6 Å². The standard InChI is InChI=1S/C16H18FN3O2/c1-5-16(21,15(2,3)4)14(20-11-18-10-19-20)22-13-8-6-12(17)7-9-13/h1,6-11,14,21H,2-4H3. The van der Waals surface area contributed by atoms with Gasteiger partial charge >= 0.3 is 0 Å². The first-order valence-corrected chi connectivity index (χ1v) is 6.74. The molecule has 116 valence electrons. The largest absolute Gasteiger partial charge is 0.464 e. The predicted octanol–water partition coefficient (Wildman–Crippen LogP) is 2.41. The molecule has 2 atom stereocenters. The summed E-state index contributed by atoms with van der Waals surface area (Å²) < 4.78 is 20.2. The molecule has 0 aliphatic heterocycles. The summed E-state index contributed by atoms with van der Waals surface area (Å²) in [5.41, 5.74) is -2.35. The molecular weight excluding hydrogens is 285 g/mol. The number of terminal acetylenes is 1. The van der Waals surface area contributed by atoms with Gasteiger partial charge < -0.3 is 9.84 Å². The van der Waals surface area contributed by atoms with Crippen LogP contribution in [0, 0.1) is 23.6 Å². The van der Waals surface area contributed by atoms with Crippen LogP contribution < -0.4 is 4.74 Å². The summed E-state index contributed by atoms with van der Waals surface area (Å²) >= 11 is 0. The first-order chi connectivity index (χ1) is 10.3. The minimum Gasteiger partial charge on any atom is -0.464 e. The summed E-state index contributed by atoms with van der Waals surface area (Å²) in [6, 6.07) is 5.44. The lowest BCUT2D eigenvalue weighted by Gasteiger charge is -2.41. The third-order valence-corrected chi connectivity index (χ3v) is 3.46. The molecule has 1 heterocycles. The van der Waals surface area contributed by atoms with Crippen LogP contribution >= 0.6 is 0 Å². The van der Waals surface area contributed by atoms with Crippen molar-refractivity contribution in [1.29, 1.82) is 0 Å². The number of aliphatic hydroxyl groups is 1. The van der Waals surface area contributed by atoms with Crippen molar-refractivity contribution in [3.63, 3.8) is 0 Å². The van der Waals surface area contributed by atoms with Crippen molar-refractivity contribution in [3.8, 4) is 18.1 Å². The molecule has 5 nitrogen and oxygen atoms in total. The van der Waals surface area contributed by atoms with Gasteiger partial charge in [-0.1, -0.05) is 26.7 Å². The van der Waals surface area contributed by atoms with Crippen molar-refractivity contribution in [1.82, 2.24) is 14.8 Å². The molecule has 0 aliphatic rings. The van der Waals surface area contributed by atoms with E-state index in [1.807, 2.05) is 0 Å². The summed E-state index contributed by atoms with van der Waals surface area (Å²) in [5.74, 6) is 2.39. The Bertz CT molecular complexity index is 656. The smallest absolute Gasteiger partial charge is 0.233 e. The Hall–Kier alpha value is -2.39. The van der Waals surface area contributed by atoms with Crippen molar-refractivity contribution in [3.05, 3.63) is 42.7 Å². The Morgan fingerprint density at radius 3 is 2.41 bits per heavy atom. The second kappa shape index (κ2) is 5.78. The molecular formula is C16H18FN3O2. The maximum Gasteiger partial charge on any atom is 0.233 e. The van der Waals surface area contributed by atoms with Gasteiger partial charge in [0.2, 0.25) is 6.23 Å². The lowest BCUT2D eigenvalue weighted by atomic mass is 9.75. The molecule has 0 fully saturated rings. The highest BCUT2D eigenvalue weighted by Gasteiger charge is 2.49. The Balaban J connectivity index is 2.44. The fourth-order valence-electron chi connectivity index (χ4n) is 1.97. The molecule has 0 bridgehead atoms. The molecule has 1 aromatic heterocycles. The molecule has 2 aromatic rings. The van der Waals surface area contributed by atoms with Crippen LogP contribution in [-0.2, 0) is 0 Å². The molecule has 22 heavy (non-hydrogen) atoms. The fraction of sp³-hybridized carbons (Fsp3) is 0.375. The Kier molecular flexibility index (Phi) is 4.20. The normalized spacial score (nSPS) is 15.6. The number of ether oxygens (including phenoxy) is 1. The van der Waals surface area contributed by atoms with Crippen LogP contribution in [0.1, 0.15) is 27.0 Å². The zero-order valence-electron chi connectivity index (χ0n) is 12.7. The van der Waals surface area contributed by atoms with Crippen LogP contribution in [0.25, 0.3) is 0 Å². The number of benzene rings is 1. The lowest BCUT2D eigenvalue weighted by Crippen LogP contribution is -2.51. The van der Waals surface area contributed by atoms with Gasteiger partial charge in [-0.3, -0.25) is 0 Å². The van der Waals surface area contributed by atoms with E-state index in [0.29, 0.717) is 5.75 Å². The summed E-state index contributed by atoms with van der Waals surface area (Å²) in [6.07, 6.45) is 7.29. The zero-order chi connectivity index (χ0) is 16.4. The van der Waals surface area contributed by atoms with Gasteiger partial charge in [0.15, 0.2) is 5.60 Å².